The van der Waals surface area contributed by atoms with Gasteiger partial charge in [0.25, 0.3) is 0 Å². The molecule has 0 fully saturated rings. The van der Waals surface area contributed by atoms with Crippen molar-refractivity contribution in [2.75, 3.05) is 39.1 Å². The number of para-hydroxylation sites is 1. The van der Waals surface area contributed by atoms with Crippen LogP contribution in [0.5, 0.6) is 0 Å². The summed E-state index contributed by atoms with van der Waals surface area (Å²) in [6.07, 6.45) is 4.34. The van der Waals surface area contributed by atoms with Gasteiger partial charge in [0, 0.05) is 58.9 Å². The lowest BCUT2D eigenvalue weighted by atomic mass is 10.2. The van der Waals surface area contributed by atoms with E-state index in [-0.39, 0.29) is 0 Å². The highest BCUT2D eigenvalue weighted by atomic mass is 15.3. The highest BCUT2D eigenvalue weighted by Gasteiger charge is 2.08. The van der Waals surface area contributed by atoms with Gasteiger partial charge in [0.15, 0.2) is 5.96 Å². The van der Waals surface area contributed by atoms with Crippen LogP contribution in [0.3, 0.4) is 0 Å². The van der Waals surface area contributed by atoms with Crippen molar-refractivity contribution in [1.82, 2.24) is 14.8 Å². The Morgan fingerprint density at radius 2 is 1.84 bits per heavy atom. The van der Waals surface area contributed by atoms with Gasteiger partial charge in [-0.1, -0.05) is 18.2 Å². The lowest BCUT2D eigenvalue weighted by Crippen LogP contribution is -2.39. The van der Waals surface area contributed by atoms with Gasteiger partial charge in [0.2, 0.25) is 0 Å². The third kappa shape index (κ3) is 5.85. The summed E-state index contributed by atoms with van der Waals surface area (Å²) < 4.78 is 2.14. The van der Waals surface area contributed by atoms with E-state index in [9.17, 15) is 0 Å². The molecule has 0 atom stereocenters. The largest absolute Gasteiger partial charge is 0.375 e. The zero-order valence-corrected chi connectivity index (χ0v) is 15.9. The second kappa shape index (κ2) is 9.77. The zero-order chi connectivity index (χ0) is 18.1. The molecule has 0 spiro atoms. The van der Waals surface area contributed by atoms with Crippen LogP contribution in [-0.4, -0.2) is 49.7 Å². The minimum absolute atomic E-state index is 0.847. The molecule has 0 saturated heterocycles. The predicted molar refractivity (Wildman–Crippen MR) is 107 cm³/mol. The van der Waals surface area contributed by atoms with Gasteiger partial charge < -0.3 is 19.7 Å². The van der Waals surface area contributed by atoms with Crippen LogP contribution in [0.1, 0.15) is 18.5 Å². The topological polar surface area (TPSA) is 35.8 Å². The number of aryl methyl sites for hydroxylation is 1. The van der Waals surface area contributed by atoms with Crippen LogP contribution in [0.25, 0.3) is 0 Å². The Morgan fingerprint density at radius 3 is 2.48 bits per heavy atom. The van der Waals surface area contributed by atoms with Gasteiger partial charge in [-0.05, 0) is 37.1 Å². The average molecular weight is 342 g/mol. The summed E-state index contributed by atoms with van der Waals surface area (Å²) in [6, 6.07) is 14.7. The van der Waals surface area contributed by atoms with Crippen molar-refractivity contribution in [2.45, 2.75) is 19.4 Å². The Labute approximate surface area is 152 Å². The van der Waals surface area contributed by atoms with E-state index < -0.39 is 0 Å². The Kier molecular flexibility index (Phi) is 7.38. The summed E-state index contributed by atoms with van der Waals surface area (Å²) in [6.45, 7) is 2.84. The van der Waals surface area contributed by atoms with Crippen LogP contribution in [0.15, 0.2) is 53.7 Å². The second-order valence-electron chi connectivity index (χ2n) is 6.40. The Bertz CT molecular complexity index is 647. The molecule has 0 aliphatic heterocycles. The summed E-state index contributed by atoms with van der Waals surface area (Å²) >= 11 is 0. The van der Waals surface area contributed by atoms with E-state index in [1.54, 1.807) is 0 Å². The molecular formula is C20H31N5. The van der Waals surface area contributed by atoms with E-state index in [0.29, 0.717) is 0 Å². The molecule has 1 aromatic carbocycles. The van der Waals surface area contributed by atoms with Gasteiger partial charge in [0.05, 0.1) is 6.54 Å². The van der Waals surface area contributed by atoms with Crippen LogP contribution in [0, 0.1) is 0 Å². The molecule has 1 heterocycles. The van der Waals surface area contributed by atoms with Crippen molar-refractivity contribution in [3.8, 4) is 0 Å². The van der Waals surface area contributed by atoms with Crippen LogP contribution < -0.4 is 10.2 Å². The molecule has 0 aliphatic rings. The molecule has 25 heavy (non-hydrogen) atoms. The van der Waals surface area contributed by atoms with Crippen molar-refractivity contribution in [3.05, 3.63) is 54.4 Å². The third-order valence-corrected chi connectivity index (χ3v) is 4.42. The maximum Gasteiger partial charge on any atom is 0.193 e. The molecule has 1 aromatic heterocycles. The molecule has 0 radical (unpaired) electrons. The van der Waals surface area contributed by atoms with Crippen LogP contribution in [-0.2, 0) is 13.6 Å². The van der Waals surface area contributed by atoms with Crippen LogP contribution in [0.4, 0.5) is 5.69 Å². The number of hydrogen-bond acceptors (Lipinski definition) is 2. The van der Waals surface area contributed by atoms with E-state index >= 15 is 0 Å². The highest BCUT2D eigenvalue weighted by molar-refractivity contribution is 5.79. The van der Waals surface area contributed by atoms with E-state index in [2.05, 4.69) is 94.5 Å². The monoisotopic (exact) mass is 341 g/mol. The maximum absolute atomic E-state index is 4.39. The number of benzene rings is 1. The molecule has 0 bridgehead atoms. The SMILES string of the molecule is CN=C(NCCCCN(C)c1ccccc1)N(C)Cc1cccn1C. The summed E-state index contributed by atoms with van der Waals surface area (Å²) in [5.74, 6) is 0.942. The van der Waals surface area contributed by atoms with Gasteiger partial charge in [-0.3, -0.25) is 4.99 Å². The number of guanidine groups is 1. The quantitative estimate of drug-likeness (QED) is 0.455. The second-order valence-corrected chi connectivity index (χ2v) is 6.40. The Hall–Kier alpha value is -2.43. The fourth-order valence-electron chi connectivity index (χ4n) is 2.85. The molecular weight excluding hydrogens is 310 g/mol. The lowest BCUT2D eigenvalue weighted by molar-refractivity contribution is 0.460. The van der Waals surface area contributed by atoms with Crippen molar-refractivity contribution < 1.29 is 0 Å². The number of aromatic nitrogens is 1. The van der Waals surface area contributed by atoms with Crippen molar-refractivity contribution >= 4 is 11.6 Å². The maximum atomic E-state index is 4.39. The summed E-state index contributed by atoms with van der Waals surface area (Å²) in [7, 11) is 8.14. The number of anilines is 1. The standard InChI is InChI=1S/C20H31N5/c1-21-20(25(4)17-19-13-10-16-24(19)3)22-14-8-9-15-23(2)18-11-6-5-7-12-18/h5-7,10-13,16H,8-9,14-15,17H2,1-4H3,(H,21,22). The van der Waals surface area contributed by atoms with Gasteiger partial charge in [-0.2, -0.15) is 0 Å². The first-order valence-corrected chi connectivity index (χ1v) is 8.90. The molecule has 136 valence electrons. The van der Waals surface area contributed by atoms with Crippen molar-refractivity contribution in [3.63, 3.8) is 0 Å². The van der Waals surface area contributed by atoms with Gasteiger partial charge in [0.1, 0.15) is 0 Å². The van der Waals surface area contributed by atoms with Gasteiger partial charge in [-0.15, -0.1) is 0 Å². The van der Waals surface area contributed by atoms with Crippen LogP contribution in [0.2, 0.25) is 0 Å². The zero-order valence-electron chi connectivity index (χ0n) is 15.9. The first kappa shape index (κ1) is 18.9. The molecule has 5 nitrogen and oxygen atoms in total. The average Bonchev–Trinajstić information content (AvgIpc) is 3.03. The number of rotatable bonds is 8. The molecule has 0 amide bonds. The first-order valence-electron chi connectivity index (χ1n) is 8.90. The van der Waals surface area contributed by atoms with E-state index in [0.717, 1.165) is 38.4 Å². The molecule has 0 saturated carbocycles. The summed E-state index contributed by atoms with van der Waals surface area (Å²) in [5.41, 5.74) is 2.54. The first-order chi connectivity index (χ1) is 12.1. The highest BCUT2D eigenvalue weighted by Crippen LogP contribution is 2.11. The molecule has 0 aliphatic carbocycles. The summed E-state index contributed by atoms with van der Waals surface area (Å²) in [5, 5.41) is 3.46. The minimum atomic E-state index is 0.847. The number of nitrogens with zero attached hydrogens (tertiary/aromatic N) is 4. The smallest absolute Gasteiger partial charge is 0.193 e. The van der Waals surface area contributed by atoms with Crippen molar-refractivity contribution in [2.24, 2.45) is 12.0 Å². The minimum Gasteiger partial charge on any atom is -0.375 e. The Balaban J connectivity index is 1.68. The number of nitrogens with one attached hydrogen (secondary N) is 1. The normalized spacial score (nSPS) is 11.4. The predicted octanol–water partition coefficient (Wildman–Crippen LogP) is 2.95. The van der Waals surface area contributed by atoms with Crippen molar-refractivity contribution in [1.29, 1.82) is 0 Å². The Morgan fingerprint density at radius 1 is 1.08 bits per heavy atom. The molecule has 1 N–H and O–H groups in total. The lowest BCUT2D eigenvalue weighted by Gasteiger charge is -2.23. The fourth-order valence-corrected chi connectivity index (χ4v) is 2.85. The fraction of sp³-hybridized carbons (Fsp3) is 0.450. The number of aliphatic imine (C=N–C) groups is 1. The third-order valence-electron chi connectivity index (χ3n) is 4.42. The van der Waals surface area contributed by atoms with E-state index in [4.69, 9.17) is 0 Å². The molecule has 2 rings (SSSR count). The molecule has 5 heteroatoms. The number of unbranched alkanes of at least 4 members (excludes halogenated alkanes) is 1. The summed E-state index contributed by atoms with van der Waals surface area (Å²) in [4.78, 5) is 8.85. The van der Waals surface area contributed by atoms with Gasteiger partial charge in [-0.25, -0.2) is 0 Å². The van der Waals surface area contributed by atoms with E-state index in [1.807, 2.05) is 7.05 Å². The van der Waals surface area contributed by atoms with E-state index in [1.165, 1.54) is 11.4 Å². The van der Waals surface area contributed by atoms with Gasteiger partial charge >= 0.3 is 0 Å². The number of hydrogen-bond donors (Lipinski definition) is 1. The van der Waals surface area contributed by atoms with Crippen LogP contribution >= 0.6 is 0 Å². The molecule has 0 unspecified atom stereocenters. The molecule has 2 aromatic rings.